The summed E-state index contributed by atoms with van der Waals surface area (Å²) >= 11 is 0. The van der Waals surface area contributed by atoms with Crippen LogP contribution in [0.25, 0.3) is 22.4 Å². The molecule has 1 aliphatic rings. The van der Waals surface area contributed by atoms with Crippen LogP contribution in [0.5, 0.6) is 0 Å². The fraction of sp³-hybridized carbons (Fsp3) is 0.129. The zero-order chi connectivity index (χ0) is 24.4. The number of hydrogen-bond donors (Lipinski definition) is 2. The van der Waals surface area contributed by atoms with Crippen molar-refractivity contribution < 1.29 is 4.79 Å². The lowest BCUT2D eigenvalue weighted by Gasteiger charge is -2.16. The van der Waals surface area contributed by atoms with Gasteiger partial charge in [0.05, 0.1) is 11.3 Å². The Hall–Kier alpha value is -4.15. The van der Waals surface area contributed by atoms with E-state index in [9.17, 15) is 4.79 Å². The summed E-state index contributed by atoms with van der Waals surface area (Å²) < 4.78 is 0. The fourth-order valence-corrected chi connectivity index (χ4v) is 4.57. The van der Waals surface area contributed by atoms with Crippen LogP contribution in [0.3, 0.4) is 0 Å². The van der Waals surface area contributed by atoms with Crippen molar-refractivity contribution in [2.75, 3.05) is 24.7 Å². The van der Waals surface area contributed by atoms with Gasteiger partial charge in [0.2, 0.25) is 0 Å². The van der Waals surface area contributed by atoms with Crippen LogP contribution in [0.4, 0.5) is 11.4 Å². The number of carbonyl (C=O) groups excluding carboxylic acids is 1. The van der Waals surface area contributed by atoms with Gasteiger partial charge in [-0.3, -0.25) is 4.79 Å². The smallest absolute Gasteiger partial charge is 0.258 e. The van der Waals surface area contributed by atoms with Crippen molar-refractivity contribution in [2.45, 2.75) is 13.5 Å². The number of aryl methyl sites for hydroxylation is 1. The SMILES string of the molecule is Cc1ccccc1-c1ccc2c(c1)NC(=O)/C2=C(\Nc1ccc(CN(C)C)cc1)c1ccccc1. The number of rotatable bonds is 6. The molecule has 4 aromatic rings. The van der Waals surface area contributed by atoms with Gasteiger partial charge < -0.3 is 15.5 Å². The average Bonchev–Trinajstić information content (AvgIpc) is 3.18. The number of fused-ring (bicyclic) bond motifs is 1. The predicted octanol–water partition coefficient (Wildman–Crippen LogP) is 6.66. The monoisotopic (exact) mass is 459 g/mol. The van der Waals surface area contributed by atoms with Gasteiger partial charge in [-0.25, -0.2) is 0 Å². The number of nitrogens with zero attached hydrogens (tertiary/aromatic N) is 1. The zero-order valence-electron chi connectivity index (χ0n) is 20.3. The van der Waals surface area contributed by atoms with Crippen LogP contribution >= 0.6 is 0 Å². The Morgan fingerprint density at radius 2 is 1.54 bits per heavy atom. The molecule has 0 atom stereocenters. The highest BCUT2D eigenvalue weighted by Gasteiger charge is 2.29. The van der Waals surface area contributed by atoms with Crippen molar-refractivity contribution in [1.29, 1.82) is 0 Å². The second-order valence-corrected chi connectivity index (χ2v) is 9.21. The van der Waals surface area contributed by atoms with Crippen LogP contribution in [0, 0.1) is 6.92 Å². The van der Waals surface area contributed by atoms with E-state index in [0.717, 1.165) is 40.3 Å². The molecular weight excluding hydrogens is 430 g/mol. The number of carbonyl (C=O) groups is 1. The number of hydrogen-bond acceptors (Lipinski definition) is 3. The minimum atomic E-state index is -0.0995. The average molecular weight is 460 g/mol. The maximum atomic E-state index is 13.3. The molecule has 0 saturated heterocycles. The first kappa shape index (κ1) is 22.6. The van der Waals surface area contributed by atoms with Crippen LogP contribution in [-0.4, -0.2) is 24.9 Å². The first-order valence-electron chi connectivity index (χ1n) is 11.8. The third-order valence-electron chi connectivity index (χ3n) is 6.25. The van der Waals surface area contributed by atoms with Gasteiger partial charge in [-0.05, 0) is 67.0 Å². The van der Waals surface area contributed by atoms with Gasteiger partial charge >= 0.3 is 0 Å². The Labute approximate surface area is 206 Å². The quantitative estimate of drug-likeness (QED) is 0.317. The number of anilines is 2. The molecule has 0 aliphatic carbocycles. The van der Waals surface area contributed by atoms with Gasteiger partial charge in [-0.15, -0.1) is 0 Å². The van der Waals surface area contributed by atoms with Crippen molar-refractivity contribution in [3.05, 3.63) is 119 Å². The second kappa shape index (κ2) is 9.61. The van der Waals surface area contributed by atoms with E-state index in [0.29, 0.717) is 5.57 Å². The molecule has 2 N–H and O–H groups in total. The Kier molecular flexibility index (Phi) is 6.21. The van der Waals surface area contributed by atoms with E-state index in [2.05, 4.69) is 91.1 Å². The number of nitrogens with one attached hydrogen (secondary N) is 2. The molecular formula is C31H29N3O. The van der Waals surface area contributed by atoms with Gasteiger partial charge in [0.1, 0.15) is 0 Å². The molecule has 35 heavy (non-hydrogen) atoms. The molecule has 4 nitrogen and oxygen atoms in total. The molecule has 1 heterocycles. The molecule has 0 spiro atoms. The molecule has 0 unspecified atom stereocenters. The van der Waals surface area contributed by atoms with Gasteiger partial charge in [-0.1, -0.05) is 78.9 Å². The van der Waals surface area contributed by atoms with Crippen molar-refractivity contribution in [3.8, 4) is 11.1 Å². The topological polar surface area (TPSA) is 44.4 Å². The van der Waals surface area contributed by atoms with Gasteiger partial charge in [0.15, 0.2) is 0 Å². The highest BCUT2D eigenvalue weighted by molar-refractivity contribution is 6.37. The third kappa shape index (κ3) is 4.75. The van der Waals surface area contributed by atoms with E-state index in [4.69, 9.17) is 0 Å². The van der Waals surface area contributed by atoms with Crippen molar-refractivity contribution in [3.63, 3.8) is 0 Å². The summed E-state index contributed by atoms with van der Waals surface area (Å²) in [4.78, 5) is 15.5. The molecule has 4 aromatic carbocycles. The maximum Gasteiger partial charge on any atom is 0.258 e. The third-order valence-corrected chi connectivity index (χ3v) is 6.25. The van der Waals surface area contributed by atoms with E-state index < -0.39 is 0 Å². The van der Waals surface area contributed by atoms with E-state index in [1.807, 2.05) is 42.5 Å². The summed E-state index contributed by atoms with van der Waals surface area (Å²) in [5, 5.41) is 6.65. The maximum absolute atomic E-state index is 13.3. The highest BCUT2D eigenvalue weighted by Crippen LogP contribution is 2.40. The number of benzene rings is 4. The minimum Gasteiger partial charge on any atom is -0.354 e. The molecule has 174 valence electrons. The lowest BCUT2D eigenvalue weighted by atomic mass is 9.95. The van der Waals surface area contributed by atoms with Gasteiger partial charge in [0.25, 0.3) is 5.91 Å². The van der Waals surface area contributed by atoms with E-state index in [1.165, 1.54) is 16.7 Å². The largest absolute Gasteiger partial charge is 0.354 e. The van der Waals surface area contributed by atoms with Crippen LogP contribution in [-0.2, 0) is 11.3 Å². The van der Waals surface area contributed by atoms with Gasteiger partial charge in [0, 0.05) is 23.5 Å². The van der Waals surface area contributed by atoms with Crippen LogP contribution in [0.1, 0.15) is 22.3 Å². The standard InChI is InChI=1S/C31H29N3O/c1-21-9-7-8-12-26(21)24-15-18-27-28(19-24)33-31(35)29(27)30(23-10-5-4-6-11-23)32-25-16-13-22(14-17-25)20-34(2)3/h4-19,32H,20H2,1-3H3,(H,33,35)/b30-29-. The summed E-state index contributed by atoms with van der Waals surface area (Å²) in [6.45, 7) is 2.99. The van der Waals surface area contributed by atoms with Crippen LogP contribution in [0.15, 0.2) is 97.1 Å². The highest BCUT2D eigenvalue weighted by atomic mass is 16.2. The molecule has 0 radical (unpaired) electrons. The zero-order valence-corrected chi connectivity index (χ0v) is 20.3. The molecule has 0 saturated carbocycles. The summed E-state index contributed by atoms with van der Waals surface area (Å²) in [5.41, 5.74) is 9.80. The normalized spacial score (nSPS) is 14.0. The Morgan fingerprint density at radius 3 is 2.26 bits per heavy atom. The summed E-state index contributed by atoms with van der Waals surface area (Å²) in [6, 6.07) is 32.9. The lowest BCUT2D eigenvalue weighted by Crippen LogP contribution is -2.11. The van der Waals surface area contributed by atoms with Crippen molar-refractivity contribution in [1.82, 2.24) is 4.90 Å². The van der Waals surface area contributed by atoms with Gasteiger partial charge in [-0.2, -0.15) is 0 Å². The lowest BCUT2D eigenvalue weighted by molar-refractivity contribution is -0.110. The number of amides is 1. The van der Waals surface area contributed by atoms with Crippen LogP contribution < -0.4 is 10.6 Å². The molecule has 1 aliphatic heterocycles. The van der Waals surface area contributed by atoms with Crippen LogP contribution in [0.2, 0.25) is 0 Å². The van der Waals surface area contributed by atoms with E-state index >= 15 is 0 Å². The first-order chi connectivity index (χ1) is 17.0. The Morgan fingerprint density at radius 1 is 0.829 bits per heavy atom. The first-order valence-corrected chi connectivity index (χ1v) is 11.8. The minimum absolute atomic E-state index is 0.0995. The molecule has 5 rings (SSSR count). The molecule has 0 aromatic heterocycles. The molecule has 4 heteroatoms. The second-order valence-electron chi connectivity index (χ2n) is 9.21. The molecule has 1 amide bonds. The Bertz CT molecular complexity index is 1400. The van der Waals surface area contributed by atoms with E-state index in [1.54, 1.807) is 0 Å². The summed E-state index contributed by atoms with van der Waals surface area (Å²) in [7, 11) is 4.12. The molecule has 0 fully saturated rings. The summed E-state index contributed by atoms with van der Waals surface area (Å²) in [6.07, 6.45) is 0. The van der Waals surface area contributed by atoms with Crippen molar-refractivity contribution >= 4 is 28.6 Å². The van der Waals surface area contributed by atoms with E-state index in [-0.39, 0.29) is 5.91 Å². The van der Waals surface area contributed by atoms with Crippen molar-refractivity contribution in [2.24, 2.45) is 0 Å². The fourth-order valence-electron chi connectivity index (χ4n) is 4.57. The molecule has 0 bridgehead atoms. The Balaban J connectivity index is 1.58. The predicted molar refractivity (Wildman–Crippen MR) is 146 cm³/mol. The summed E-state index contributed by atoms with van der Waals surface area (Å²) in [5.74, 6) is -0.0995.